The van der Waals surface area contributed by atoms with Crippen molar-refractivity contribution in [3.8, 4) is 5.69 Å². The van der Waals surface area contributed by atoms with Gasteiger partial charge in [-0.05, 0) is 37.1 Å². The lowest BCUT2D eigenvalue weighted by molar-refractivity contribution is 0.563. The Labute approximate surface area is 146 Å². The highest BCUT2D eigenvalue weighted by atomic mass is 15.5. The maximum atomic E-state index is 4.53. The van der Waals surface area contributed by atoms with Crippen molar-refractivity contribution in [1.82, 2.24) is 30.5 Å². The Kier molecular flexibility index (Phi) is 4.65. The molecule has 0 radical (unpaired) electrons. The Bertz CT molecular complexity index is 787. The smallest absolute Gasteiger partial charge is 0.151 e. The number of benzene rings is 1. The molecular formula is C18H21N7. The van der Waals surface area contributed by atoms with Crippen LogP contribution in [0.4, 0.5) is 5.82 Å². The molecule has 3 aromatic rings. The predicted octanol–water partition coefficient (Wildman–Crippen LogP) is 1.82. The Morgan fingerprint density at radius 3 is 2.88 bits per heavy atom. The lowest BCUT2D eigenvalue weighted by Crippen LogP contribution is -2.38. The summed E-state index contributed by atoms with van der Waals surface area (Å²) in [5.41, 5.74) is 1.91. The van der Waals surface area contributed by atoms with Crippen molar-refractivity contribution >= 4 is 5.82 Å². The van der Waals surface area contributed by atoms with E-state index in [2.05, 4.69) is 30.6 Å². The van der Waals surface area contributed by atoms with E-state index in [1.54, 1.807) is 11.0 Å². The zero-order valence-electron chi connectivity index (χ0n) is 14.0. The van der Waals surface area contributed by atoms with Gasteiger partial charge in [0.2, 0.25) is 0 Å². The summed E-state index contributed by atoms with van der Waals surface area (Å²) in [5, 5.41) is 20.6. The van der Waals surface area contributed by atoms with E-state index in [0.717, 1.165) is 30.3 Å². The van der Waals surface area contributed by atoms with Crippen molar-refractivity contribution in [1.29, 1.82) is 0 Å². The highest BCUT2D eigenvalue weighted by molar-refractivity contribution is 5.39. The Morgan fingerprint density at radius 2 is 2.04 bits per heavy atom. The van der Waals surface area contributed by atoms with Crippen molar-refractivity contribution in [2.75, 3.05) is 18.0 Å². The molecule has 1 saturated heterocycles. The predicted molar refractivity (Wildman–Crippen MR) is 95.5 cm³/mol. The first kappa shape index (κ1) is 15.7. The van der Waals surface area contributed by atoms with Gasteiger partial charge in [0, 0.05) is 31.9 Å². The van der Waals surface area contributed by atoms with Gasteiger partial charge in [0.05, 0.1) is 17.6 Å². The fourth-order valence-electron chi connectivity index (χ4n) is 3.22. The molecule has 0 amide bonds. The van der Waals surface area contributed by atoms with Gasteiger partial charge in [0.1, 0.15) is 0 Å². The molecule has 4 rings (SSSR count). The SMILES string of the molecule is c1ccc(-n2ncc(CNC[C@H]3CCCN3c3cccnn3)n2)cc1. The van der Waals surface area contributed by atoms with Crippen LogP contribution in [-0.2, 0) is 6.54 Å². The van der Waals surface area contributed by atoms with Gasteiger partial charge in [-0.2, -0.15) is 20.1 Å². The summed E-state index contributed by atoms with van der Waals surface area (Å²) < 4.78 is 0. The second-order valence-electron chi connectivity index (χ2n) is 6.16. The third kappa shape index (κ3) is 3.66. The minimum atomic E-state index is 0.445. The van der Waals surface area contributed by atoms with Crippen LogP contribution in [-0.4, -0.2) is 44.3 Å². The van der Waals surface area contributed by atoms with Crippen molar-refractivity contribution in [2.24, 2.45) is 0 Å². The second-order valence-corrected chi connectivity index (χ2v) is 6.16. The molecule has 3 heterocycles. The normalized spacial score (nSPS) is 17.1. The molecule has 2 aromatic heterocycles. The van der Waals surface area contributed by atoms with Gasteiger partial charge in [-0.15, -0.1) is 5.10 Å². The number of nitrogens with zero attached hydrogens (tertiary/aromatic N) is 6. The van der Waals surface area contributed by atoms with Crippen molar-refractivity contribution < 1.29 is 0 Å². The maximum Gasteiger partial charge on any atom is 0.151 e. The topological polar surface area (TPSA) is 71.8 Å². The number of hydrogen-bond acceptors (Lipinski definition) is 6. The number of nitrogens with one attached hydrogen (secondary N) is 1. The second kappa shape index (κ2) is 7.40. The van der Waals surface area contributed by atoms with Crippen LogP contribution >= 0.6 is 0 Å². The highest BCUT2D eigenvalue weighted by Gasteiger charge is 2.25. The Balaban J connectivity index is 1.33. The van der Waals surface area contributed by atoms with E-state index in [4.69, 9.17) is 0 Å². The first-order valence-corrected chi connectivity index (χ1v) is 8.62. The minimum Gasteiger partial charge on any atom is -0.351 e. The van der Waals surface area contributed by atoms with Gasteiger partial charge in [0.15, 0.2) is 5.82 Å². The lowest BCUT2D eigenvalue weighted by atomic mass is 10.2. The molecule has 1 N–H and O–H groups in total. The van der Waals surface area contributed by atoms with Gasteiger partial charge in [-0.25, -0.2) is 0 Å². The average molecular weight is 335 g/mol. The van der Waals surface area contributed by atoms with Crippen molar-refractivity contribution in [2.45, 2.75) is 25.4 Å². The molecule has 1 aromatic carbocycles. The minimum absolute atomic E-state index is 0.445. The van der Waals surface area contributed by atoms with Crippen molar-refractivity contribution in [3.05, 3.63) is 60.6 Å². The summed E-state index contributed by atoms with van der Waals surface area (Å²) in [4.78, 5) is 4.00. The molecule has 128 valence electrons. The zero-order chi connectivity index (χ0) is 16.9. The van der Waals surface area contributed by atoms with Crippen LogP contribution in [0.2, 0.25) is 0 Å². The molecule has 1 aliphatic rings. The molecule has 0 saturated carbocycles. The molecule has 7 nitrogen and oxygen atoms in total. The maximum absolute atomic E-state index is 4.53. The summed E-state index contributed by atoms with van der Waals surface area (Å²) in [5.74, 6) is 0.960. The van der Waals surface area contributed by atoms with Gasteiger partial charge in [-0.1, -0.05) is 18.2 Å². The van der Waals surface area contributed by atoms with Crippen LogP contribution in [0, 0.1) is 0 Å². The van der Waals surface area contributed by atoms with E-state index in [9.17, 15) is 0 Å². The molecule has 25 heavy (non-hydrogen) atoms. The molecule has 0 unspecified atom stereocenters. The monoisotopic (exact) mass is 335 g/mol. The van der Waals surface area contributed by atoms with Crippen LogP contribution < -0.4 is 10.2 Å². The molecular weight excluding hydrogens is 314 g/mol. The molecule has 0 aliphatic carbocycles. The lowest BCUT2D eigenvalue weighted by Gasteiger charge is -2.25. The van der Waals surface area contributed by atoms with E-state index in [0.29, 0.717) is 12.6 Å². The third-order valence-electron chi connectivity index (χ3n) is 4.44. The number of anilines is 1. The largest absolute Gasteiger partial charge is 0.351 e. The van der Waals surface area contributed by atoms with Crippen LogP contribution in [0.3, 0.4) is 0 Å². The summed E-state index contributed by atoms with van der Waals surface area (Å²) in [7, 11) is 0. The quantitative estimate of drug-likeness (QED) is 0.741. The third-order valence-corrected chi connectivity index (χ3v) is 4.44. The molecule has 1 fully saturated rings. The van der Waals surface area contributed by atoms with Gasteiger partial charge < -0.3 is 10.2 Å². The van der Waals surface area contributed by atoms with Crippen LogP contribution in [0.1, 0.15) is 18.5 Å². The number of aromatic nitrogens is 5. The molecule has 0 bridgehead atoms. The Morgan fingerprint density at radius 1 is 1.12 bits per heavy atom. The van der Waals surface area contributed by atoms with Gasteiger partial charge in [-0.3, -0.25) is 0 Å². The fraction of sp³-hybridized carbons (Fsp3) is 0.333. The fourth-order valence-corrected chi connectivity index (χ4v) is 3.22. The van der Waals surface area contributed by atoms with Gasteiger partial charge in [0.25, 0.3) is 0 Å². The molecule has 0 spiro atoms. The van der Waals surface area contributed by atoms with Crippen LogP contribution in [0.5, 0.6) is 0 Å². The standard InChI is InChI=1S/C18H21N7/c1-2-6-16(7-3-1)25-21-13-15(23-25)12-19-14-17-8-5-11-24(17)18-9-4-10-20-22-18/h1-4,6-7,9-10,13,17,19H,5,8,11-12,14H2/t17-/m1/s1. The zero-order valence-corrected chi connectivity index (χ0v) is 14.0. The first-order valence-electron chi connectivity index (χ1n) is 8.62. The van der Waals surface area contributed by atoms with Gasteiger partial charge >= 0.3 is 0 Å². The van der Waals surface area contributed by atoms with E-state index >= 15 is 0 Å². The molecule has 7 heteroatoms. The summed E-state index contributed by atoms with van der Waals surface area (Å²) in [6.45, 7) is 2.64. The first-order chi connectivity index (χ1) is 12.4. The summed E-state index contributed by atoms with van der Waals surface area (Å²) in [6, 6.07) is 14.4. The summed E-state index contributed by atoms with van der Waals surface area (Å²) in [6.07, 6.45) is 5.88. The molecule has 1 aliphatic heterocycles. The van der Waals surface area contributed by atoms with Crippen LogP contribution in [0.15, 0.2) is 54.9 Å². The molecule has 1 atom stereocenters. The van der Waals surface area contributed by atoms with E-state index in [1.165, 1.54) is 12.8 Å². The number of rotatable bonds is 6. The van der Waals surface area contributed by atoms with Crippen molar-refractivity contribution in [3.63, 3.8) is 0 Å². The number of para-hydroxylation sites is 1. The van der Waals surface area contributed by atoms with E-state index < -0.39 is 0 Å². The highest BCUT2D eigenvalue weighted by Crippen LogP contribution is 2.22. The van der Waals surface area contributed by atoms with E-state index in [-0.39, 0.29) is 0 Å². The average Bonchev–Trinajstić information content (AvgIpc) is 3.33. The summed E-state index contributed by atoms with van der Waals surface area (Å²) >= 11 is 0. The Hall–Kier alpha value is -2.80. The van der Waals surface area contributed by atoms with E-state index in [1.807, 2.05) is 48.7 Å². The number of hydrogen-bond donors (Lipinski definition) is 1. The van der Waals surface area contributed by atoms with Crippen LogP contribution in [0.25, 0.3) is 5.69 Å².